The van der Waals surface area contributed by atoms with Gasteiger partial charge >= 0.3 is 0 Å². The summed E-state index contributed by atoms with van der Waals surface area (Å²) in [5.41, 5.74) is 6.38. The number of hydrogen-bond acceptors (Lipinski definition) is 4. The fourth-order valence-corrected chi connectivity index (χ4v) is 2.38. The minimum Gasteiger partial charge on any atom is -0.494 e. The molecule has 7 heteroatoms. The van der Waals surface area contributed by atoms with Crippen molar-refractivity contribution in [1.29, 1.82) is 0 Å². The molecule has 0 aliphatic carbocycles. The normalized spacial score (nSPS) is 11.7. The predicted octanol–water partition coefficient (Wildman–Crippen LogP) is 3.68. The van der Waals surface area contributed by atoms with Gasteiger partial charge in [0.1, 0.15) is 11.5 Å². The van der Waals surface area contributed by atoms with Gasteiger partial charge in [0, 0.05) is 11.1 Å². The molecule has 1 atom stereocenters. The number of hydrogen-bond donors (Lipinski definition) is 2. The van der Waals surface area contributed by atoms with Crippen molar-refractivity contribution >= 4 is 29.5 Å². The zero-order valence-corrected chi connectivity index (χ0v) is 16.7. The summed E-state index contributed by atoms with van der Waals surface area (Å²) in [4.78, 5) is 23.9. The fourth-order valence-electron chi connectivity index (χ4n) is 2.19. The third kappa shape index (κ3) is 6.63. The first-order valence-corrected chi connectivity index (χ1v) is 9.20. The number of benzene rings is 2. The number of rotatable bonds is 7. The summed E-state index contributed by atoms with van der Waals surface area (Å²) in [5, 5.41) is 0.621. The highest BCUT2D eigenvalue weighted by atomic mass is 35.5. The van der Waals surface area contributed by atoms with Crippen molar-refractivity contribution in [2.75, 3.05) is 6.61 Å². The molecule has 2 rings (SSSR count). The SMILES string of the molecule is CCOc1ccc(O[C@H](C)C(=O)NNC(=O)/C=C/c2ccc(C)c(Cl)c2)cc1. The molecule has 148 valence electrons. The maximum atomic E-state index is 12.1. The lowest BCUT2D eigenvalue weighted by molar-refractivity contribution is -0.131. The lowest BCUT2D eigenvalue weighted by Crippen LogP contribution is -2.46. The highest BCUT2D eigenvalue weighted by molar-refractivity contribution is 6.31. The number of aryl methyl sites for hydroxylation is 1. The number of ether oxygens (including phenoxy) is 2. The molecule has 2 aromatic carbocycles. The quantitative estimate of drug-likeness (QED) is 0.547. The molecule has 6 nitrogen and oxygen atoms in total. The predicted molar refractivity (Wildman–Crippen MR) is 109 cm³/mol. The molecule has 28 heavy (non-hydrogen) atoms. The summed E-state index contributed by atoms with van der Waals surface area (Å²) in [7, 11) is 0. The maximum absolute atomic E-state index is 12.1. The van der Waals surface area contributed by atoms with Gasteiger partial charge in [0.15, 0.2) is 6.10 Å². The number of amides is 2. The minimum absolute atomic E-state index is 0.474. The van der Waals surface area contributed by atoms with E-state index < -0.39 is 17.9 Å². The van der Waals surface area contributed by atoms with Gasteiger partial charge in [-0.05, 0) is 68.3 Å². The number of carbonyl (C=O) groups is 2. The van der Waals surface area contributed by atoms with Crippen LogP contribution in [0.1, 0.15) is 25.0 Å². The van der Waals surface area contributed by atoms with Gasteiger partial charge in [0.05, 0.1) is 6.61 Å². The van der Waals surface area contributed by atoms with Crippen molar-refractivity contribution in [3.05, 3.63) is 64.7 Å². The highest BCUT2D eigenvalue weighted by Gasteiger charge is 2.15. The van der Waals surface area contributed by atoms with Crippen LogP contribution in [0.3, 0.4) is 0 Å². The standard InChI is InChI=1S/C21H23ClN2O4/c1-4-27-17-8-10-18(11-9-17)28-15(3)21(26)24-23-20(25)12-7-16-6-5-14(2)19(22)13-16/h5-13,15H,4H2,1-3H3,(H,23,25)(H,24,26)/b12-7+/t15-/m1/s1. The number of halogens is 1. The molecule has 0 fully saturated rings. The zero-order chi connectivity index (χ0) is 20.5. The molecule has 2 N–H and O–H groups in total. The number of carbonyl (C=O) groups excluding carboxylic acids is 2. The molecule has 0 spiro atoms. The molecule has 0 bridgehead atoms. The van der Waals surface area contributed by atoms with Crippen LogP contribution in [-0.4, -0.2) is 24.5 Å². The molecule has 0 aliphatic rings. The van der Waals surface area contributed by atoms with Crippen LogP contribution < -0.4 is 20.3 Å². The first-order chi connectivity index (χ1) is 13.4. The monoisotopic (exact) mass is 402 g/mol. The Morgan fingerprint density at radius 3 is 2.43 bits per heavy atom. The highest BCUT2D eigenvalue weighted by Crippen LogP contribution is 2.19. The van der Waals surface area contributed by atoms with Crippen molar-refractivity contribution in [3.63, 3.8) is 0 Å². The van der Waals surface area contributed by atoms with Crippen molar-refractivity contribution in [2.24, 2.45) is 0 Å². The largest absolute Gasteiger partial charge is 0.494 e. The molecule has 2 amide bonds. The summed E-state index contributed by atoms with van der Waals surface area (Å²) < 4.78 is 10.9. The van der Waals surface area contributed by atoms with Gasteiger partial charge in [-0.3, -0.25) is 20.4 Å². The van der Waals surface area contributed by atoms with Gasteiger partial charge in [-0.2, -0.15) is 0 Å². The zero-order valence-electron chi connectivity index (χ0n) is 16.0. The first kappa shape index (κ1) is 21.3. The molecular formula is C21H23ClN2O4. The summed E-state index contributed by atoms with van der Waals surface area (Å²) in [6.07, 6.45) is 2.12. The molecule has 0 aliphatic heterocycles. The van der Waals surface area contributed by atoms with Crippen molar-refractivity contribution in [1.82, 2.24) is 10.9 Å². The second-order valence-electron chi connectivity index (χ2n) is 5.98. The number of nitrogens with one attached hydrogen (secondary N) is 2. The van der Waals surface area contributed by atoms with Crippen LogP contribution in [0.15, 0.2) is 48.5 Å². The van der Waals surface area contributed by atoms with Crippen molar-refractivity contribution in [2.45, 2.75) is 26.9 Å². The Morgan fingerprint density at radius 2 is 1.79 bits per heavy atom. The third-order valence-corrected chi connectivity index (χ3v) is 4.16. The van der Waals surface area contributed by atoms with E-state index in [4.69, 9.17) is 21.1 Å². The molecule has 0 heterocycles. The Morgan fingerprint density at radius 1 is 1.11 bits per heavy atom. The molecule has 0 aromatic heterocycles. The average molecular weight is 403 g/mol. The molecule has 0 saturated carbocycles. The van der Waals surface area contributed by atoms with Crippen LogP contribution in [0.25, 0.3) is 6.08 Å². The van der Waals surface area contributed by atoms with Gasteiger partial charge in [0.2, 0.25) is 0 Å². The lowest BCUT2D eigenvalue weighted by atomic mass is 10.1. The van der Waals surface area contributed by atoms with Crippen LogP contribution in [0.4, 0.5) is 0 Å². The summed E-state index contributed by atoms with van der Waals surface area (Å²) in [6, 6.07) is 12.4. The van der Waals surface area contributed by atoms with Gasteiger partial charge in [0.25, 0.3) is 11.8 Å². The Kier molecular flexibility index (Phi) is 7.89. The van der Waals surface area contributed by atoms with Gasteiger partial charge in [-0.1, -0.05) is 23.7 Å². The Balaban J connectivity index is 1.80. The second-order valence-corrected chi connectivity index (χ2v) is 6.39. The van der Waals surface area contributed by atoms with E-state index in [2.05, 4.69) is 10.9 Å². The summed E-state index contributed by atoms with van der Waals surface area (Å²) in [6.45, 7) is 5.96. The second kappa shape index (κ2) is 10.4. The van der Waals surface area contributed by atoms with E-state index in [1.807, 2.05) is 26.0 Å². The van der Waals surface area contributed by atoms with E-state index >= 15 is 0 Å². The Labute approximate surface area is 169 Å². The average Bonchev–Trinajstić information content (AvgIpc) is 2.68. The van der Waals surface area contributed by atoms with E-state index in [1.54, 1.807) is 43.3 Å². The summed E-state index contributed by atoms with van der Waals surface area (Å²) >= 11 is 6.05. The van der Waals surface area contributed by atoms with Crippen LogP contribution in [-0.2, 0) is 9.59 Å². The van der Waals surface area contributed by atoms with Gasteiger partial charge in [-0.15, -0.1) is 0 Å². The molecular weight excluding hydrogens is 380 g/mol. The topological polar surface area (TPSA) is 76.7 Å². The van der Waals surface area contributed by atoms with E-state index in [0.29, 0.717) is 17.4 Å². The molecule has 0 radical (unpaired) electrons. The number of hydrazine groups is 1. The van der Waals surface area contributed by atoms with Crippen LogP contribution >= 0.6 is 11.6 Å². The molecule has 0 saturated heterocycles. The Hall–Kier alpha value is -2.99. The van der Waals surface area contributed by atoms with E-state index in [1.165, 1.54) is 6.08 Å². The van der Waals surface area contributed by atoms with Crippen molar-refractivity contribution < 1.29 is 19.1 Å². The van der Waals surface area contributed by atoms with Crippen molar-refractivity contribution in [3.8, 4) is 11.5 Å². The first-order valence-electron chi connectivity index (χ1n) is 8.82. The van der Waals surface area contributed by atoms with E-state index in [-0.39, 0.29) is 0 Å². The smallest absolute Gasteiger partial charge is 0.279 e. The third-order valence-electron chi connectivity index (χ3n) is 3.75. The van der Waals surface area contributed by atoms with Crippen LogP contribution in [0.5, 0.6) is 11.5 Å². The van der Waals surface area contributed by atoms with Gasteiger partial charge < -0.3 is 9.47 Å². The lowest BCUT2D eigenvalue weighted by Gasteiger charge is -2.15. The van der Waals surface area contributed by atoms with E-state index in [9.17, 15) is 9.59 Å². The molecule has 0 unspecified atom stereocenters. The van der Waals surface area contributed by atoms with Crippen LogP contribution in [0.2, 0.25) is 5.02 Å². The summed E-state index contributed by atoms with van der Waals surface area (Å²) in [5.74, 6) is 0.293. The minimum atomic E-state index is -0.793. The Bertz CT molecular complexity index is 850. The maximum Gasteiger partial charge on any atom is 0.279 e. The fraction of sp³-hybridized carbons (Fsp3) is 0.238. The molecule has 2 aromatic rings. The van der Waals surface area contributed by atoms with E-state index in [0.717, 1.165) is 16.9 Å². The van der Waals surface area contributed by atoms with Crippen LogP contribution in [0, 0.1) is 6.92 Å². The van der Waals surface area contributed by atoms with Gasteiger partial charge in [-0.25, -0.2) is 0 Å².